The van der Waals surface area contributed by atoms with Gasteiger partial charge in [-0.05, 0) is 19.2 Å². The van der Waals surface area contributed by atoms with Crippen molar-refractivity contribution >= 4 is 11.8 Å². The number of hydrogen-bond donors (Lipinski definition) is 1. The van der Waals surface area contributed by atoms with Crippen LogP contribution in [0.5, 0.6) is 0 Å². The third kappa shape index (κ3) is 4.75. The van der Waals surface area contributed by atoms with E-state index in [0.717, 1.165) is 29.6 Å². The molecule has 0 saturated carbocycles. The van der Waals surface area contributed by atoms with Gasteiger partial charge in [0.25, 0.3) is 0 Å². The fourth-order valence-electron chi connectivity index (χ4n) is 1.32. The summed E-state index contributed by atoms with van der Waals surface area (Å²) in [5, 5.41) is 0. The summed E-state index contributed by atoms with van der Waals surface area (Å²) in [6.07, 6.45) is 5.23. The Labute approximate surface area is 101 Å². The number of terminal acetylenes is 1. The van der Waals surface area contributed by atoms with Gasteiger partial charge in [0.2, 0.25) is 0 Å². The van der Waals surface area contributed by atoms with Crippen molar-refractivity contribution in [2.24, 2.45) is 5.73 Å². The van der Waals surface area contributed by atoms with Crippen molar-refractivity contribution in [2.45, 2.75) is 12.3 Å². The first-order valence-corrected chi connectivity index (χ1v) is 6.39. The van der Waals surface area contributed by atoms with Gasteiger partial charge in [-0.15, -0.1) is 6.42 Å². The first-order chi connectivity index (χ1) is 7.76. The highest BCUT2D eigenvalue weighted by atomic mass is 32.2. The van der Waals surface area contributed by atoms with E-state index in [-0.39, 0.29) is 0 Å². The Balaban J connectivity index is 2.36. The molecule has 4 heteroatoms. The summed E-state index contributed by atoms with van der Waals surface area (Å²) in [4.78, 5) is 2.04. The van der Waals surface area contributed by atoms with Crippen molar-refractivity contribution < 1.29 is 4.42 Å². The van der Waals surface area contributed by atoms with Crippen molar-refractivity contribution in [1.82, 2.24) is 4.90 Å². The van der Waals surface area contributed by atoms with E-state index in [4.69, 9.17) is 16.6 Å². The van der Waals surface area contributed by atoms with E-state index in [1.807, 2.05) is 24.1 Å². The molecule has 16 heavy (non-hydrogen) atoms. The predicted molar refractivity (Wildman–Crippen MR) is 69.1 cm³/mol. The van der Waals surface area contributed by atoms with E-state index in [9.17, 15) is 0 Å². The lowest BCUT2D eigenvalue weighted by atomic mass is 10.4. The molecule has 1 aromatic heterocycles. The average Bonchev–Trinajstić information content (AvgIpc) is 2.66. The maximum atomic E-state index is 5.68. The lowest BCUT2D eigenvalue weighted by molar-refractivity contribution is 0.322. The Kier molecular flexibility index (Phi) is 6.09. The second-order valence-corrected chi connectivity index (χ2v) is 4.69. The molecule has 0 aliphatic rings. The Bertz CT molecular complexity index is 343. The van der Waals surface area contributed by atoms with Gasteiger partial charge >= 0.3 is 0 Å². The molecule has 0 aromatic carbocycles. The van der Waals surface area contributed by atoms with E-state index in [1.54, 1.807) is 11.8 Å². The SMILES string of the molecule is C#CCN(C)Cc1ccc(CSCCN)o1. The minimum Gasteiger partial charge on any atom is -0.464 e. The largest absolute Gasteiger partial charge is 0.464 e. The van der Waals surface area contributed by atoms with E-state index < -0.39 is 0 Å². The fourth-order valence-corrected chi connectivity index (χ4v) is 1.99. The molecule has 88 valence electrons. The molecule has 0 atom stereocenters. The van der Waals surface area contributed by atoms with Crippen LogP contribution < -0.4 is 5.73 Å². The normalized spacial score (nSPS) is 10.6. The highest BCUT2D eigenvalue weighted by Crippen LogP contribution is 2.15. The molecule has 0 bridgehead atoms. The Morgan fingerprint density at radius 1 is 1.50 bits per heavy atom. The lowest BCUT2D eigenvalue weighted by Gasteiger charge is -2.10. The number of rotatable bonds is 7. The quantitative estimate of drug-likeness (QED) is 0.578. The molecule has 0 amide bonds. The average molecular weight is 238 g/mol. The third-order valence-corrected chi connectivity index (χ3v) is 3.02. The molecule has 1 rings (SSSR count). The molecule has 0 spiro atoms. The number of nitrogens with two attached hydrogens (primary N) is 1. The summed E-state index contributed by atoms with van der Waals surface area (Å²) < 4.78 is 5.68. The maximum absolute atomic E-state index is 5.68. The topological polar surface area (TPSA) is 42.4 Å². The van der Waals surface area contributed by atoms with Gasteiger partial charge in [-0.2, -0.15) is 11.8 Å². The van der Waals surface area contributed by atoms with Gasteiger partial charge in [0, 0.05) is 12.3 Å². The standard InChI is InChI=1S/C12H18N2OS/c1-3-7-14(2)9-11-4-5-12(15-11)10-16-8-6-13/h1,4-5H,6-10,13H2,2H3. The summed E-state index contributed by atoms with van der Waals surface area (Å²) in [7, 11) is 1.98. The zero-order valence-electron chi connectivity index (χ0n) is 9.61. The molecule has 0 aliphatic heterocycles. The van der Waals surface area contributed by atoms with Crippen LogP contribution in [0.15, 0.2) is 16.5 Å². The van der Waals surface area contributed by atoms with Crippen LogP contribution >= 0.6 is 11.8 Å². The molecule has 0 aliphatic carbocycles. The van der Waals surface area contributed by atoms with Crippen molar-refractivity contribution in [2.75, 3.05) is 25.9 Å². The van der Waals surface area contributed by atoms with Crippen LogP contribution in [0.2, 0.25) is 0 Å². The molecule has 0 fully saturated rings. The van der Waals surface area contributed by atoms with Crippen LogP contribution in [0.25, 0.3) is 0 Å². The monoisotopic (exact) mass is 238 g/mol. The first-order valence-electron chi connectivity index (χ1n) is 5.23. The number of nitrogens with zero attached hydrogens (tertiary/aromatic N) is 1. The van der Waals surface area contributed by atoms with Crippen LogP contribution in [0.4, 0.5) is 0 Å². The smallest absolute Gasteiger partial charge is 0.118 e. The van der Waals surface area contributed by atoms with E-state index >= 15 is 0 Å². The van der Waals surface area contributed by atoms with Gasteiger partial charge in [-0.3, -0.25) is 4.90 Å². The van der Waals surface area contributed by atoms with Crippen LogP contribution in [0, 0.1) is 12.3 Å². The summed E-state index contributed by atoms with van der Waals surface area (Å²) in [5.74, 6) is 6.41. The van der Waals surface area contributed by atoms with Gasteiger partial charge < -0.3 is 10.2 Å². The van der Waals surface area contributed by atoms with Gasteiger partial charge in [-0.1, -0.05) is 5.92 Å². The fraction of sp³-hybridized carbons (Fsp3) is 0.500. The van der Waals surface area contributed by atoms with Gasteiger partial charge in [0.15, 0.2) is 0 Å². The summed E-state index contributed by atoms with van der Waals surface area (Å²) >= 11 is 1.78. The van der Waals surface area contributed by atoms with Crippen LogP contribution in [-0.2, 0) is 12.3 Å². The van der Waals surface area contributed by atoms with Crippen LogP contribution in [0.1, 0.15) is 11.5 Å². The molecule has 1 heterocycles. The minimum absolute atomic E-state index is 0.637. The Morgan fingerprint density at radius 2 is 2.25 bits per heavy atom. The molecule has 1 aromatic rings. The van der Waals surface area contributed by atoms with E-state index in [1.165, 1.54) is 0 Å². The molecule has 0 saturated heterocycles. The third-order valence-electron chi connectivity index (χ3n) is 2.01. The van der Waals surface area contributed by atoms with Crippen LogP contribution in [-0.4, -0.2) is 30.8 Å². The summed E-state index contributed by atoms with van der Waals surface area (Å²) in [5.41, 5.74) is 5.42. The predicted octanol–water partition coefficient (Wildman–Crippen LogP) is 1.54. The Morgan fingerprint density at radius 3 is 2.94 bits per heavy atom. The maximum Gasteiger partial charge on any atom is 0.118 e. The van der Waals surface area contributed by atoms with E-state index in [2.05, 4.69) is 5.92 Å². The Hall–Kier alpha value is -0.890. The van der Waals surface area contributed by atoms with Gasteiger partial charge in [-0.25, -0.2) is 0 Å². The molecular formula is C12H18N2OS. The van der Waals surface area contributed by atoms with Crippen molar-refractivity contribution in [3.8, 4) is 12.3 Å². The molecule has 0 radical (unpaired) electrons. The van der Waals surface area contributed by atoms with E-state index in [0.29, 0.717) is 13.1 Å². The van der Waals surface area contributed by atoms with Crippen molar-refractivity contribution in [3.63, 3.8) is 0 Å². The zero-order valence-corrected chi connectivity index (χ0v) is 10.4. The molecule has 0 unspecified atom stereocenters. The molecular weight excluding hydrogens is 220 g/mol. The first kappa shape index (κ1) is 13.2. The summed E-state index contributed by atoms with van der Waals surface area (Å²) in [6, 6.07) is 4.02. The molecule has 3 nitrogen and oxygen atoms in total. The molecule has 2 N–H and O–H groups in total. The summed E-state index contributed by atoms with van der Waals surface area (Å²) in [6.45, 7) is 2.10. The van der Waals surface area contributed by atoms with Gasteiger partial charge in [0.05, 0.1) is 18.8 Å². The highest BCUT2D eigenvalue weighted by Gasteiger charge is 2.04. The second kappa shape index (κ2) is 7.39. The zero-order chi connectivity index (χ0) is 11.8. The number of furan rings is 1. The number of thioether (sulfide) groups is 1. The van der Waals surface area contributed by atoms with Crippen LogP contribution in [0.3, 0.4) is 0 Å². The van der Waals surface area contributed by atoms with Crippen molar-refractivity contribution in [3.05, 3.63) is 23.7 Å². The highest BCUT2D eigenvalue weighted by molar-refractivity contribution is 7.98. The lowest BCUT2D eigenvalue weighted by Crippen LogP contribution is -2.17. The minimum atomic E-state index is 0.637. The second-order valence-electron chi connectivity index (χ2n) is 3.59. The van der Waals surface area contributed by atoms with Gasteiger partial charge in [0.1, 0.15) is 11.5 Å². The van der Waals surface area contributed by atoms with Crippen molar-refractivity contribution in [1.29, 1.82) is 0 Å². The number of hydrogen-bond acceptors (Lipinski definition) is 4.